The van der Waals surface area contributed by atoms with Crippen molar-refractivity contribution in [1.29, 1.82) is 0 Å². The summed E-state index contributed by atoms with van der Waals surface area (Å²) >= 11 is 2.09. The average molecular weight is 716 g/mol. The number of piperidine rings is 1. The predicted molar refractivity (Wildman–Crippen MR) is 179 cm³/mol. The summed E-state index contributed by atoms with van der Waals surface area (Å²) in [5, 5.41) is 3.32. The van der Waals surface area contributed by atoms with E-state index in [0.717, 1.165) is 24.0 Å². The third-order valence-electron chi connectivity index (χ3n) is 8.10. The first kappa shape index (κ1) is 32.2. The summed E-state index contributed by atoms with van der Waals surface area (Å²) in [6, 6.07) is 17.1. The van der Waals surface area contributed by atoms with Crippen molar-refractivity contribution < 1.29 is 19.1 Å². The average Bonchev–Trinajstić information content (AvgIpc) is 3.34. The van der Waals surface area contributed by atoms with E-state index >= 15 is 0 Å². The number of nitrogens with zero attached hydrogens (tertiary/aromatic N) is 4. The molecule has 2 amide bonds. The molecule has 11 heteroatoms. The smallest absolute Gasteiger partial charge is 0.329 e. The van der Waals surface area contributed by atoms with Crippen LogP contribution in [0.5, 0.6) is 5.75 Å². The van der Waals surface area contributed by atoms with Gasteiger partial charge in [0.2, 0.25) is 5.91 Å². The maximum atomic E-state index is 14.6. The molecule has 0 radical (unpaired) electrons. The molecule has 0 spiro atoms. The molecule has 2 aliphatic rings. The second-order valence-electron chi connectivity index (χ2n) is 11.5. The number of piperazine rings is 1. The molecule has 0 saturated carbocycles. The van der Waals surface area contributed by atoms with Crippen LogP contribution in [-0.4, -0.2) is 93.8 Å². The molecule has 5 rings (SSSR count). The van der Waals surface area contributed by atoms with Gasteiger partial charge in [-0.15, -0.1) is 0 Å². The SMILES string of the molecule is CC(C)OCCOc1cccc(Cn2c(C(=O)N3CCNCC3)c(-c3ccccc3)n(C3CCCN(C(=O)CI)C3)c2=O)c1. The van der Waals surface area contributed by atoms with E-state index in [-0.39, 0.29) is 36.2 Å². The zero-order valence-electron chi connectivity index (χ0n) is 25.5. The molecule has 1 unspecified atom stereocenters. The third kappa shape index (κ3) is 7.55. The minimum atomic E-state index is -0.246. The van der Waals surface area contributed by atoms with Gasteiger partial charge < -0.3 is 24.6 Å². The molecular formula is C33H42IN5O5. The van der Waals surface area contributed by atoms with Gasteiger partial charge in [-0.25, -0.2) is 4.79 Å². The highest BCUT2D eigenvalue weighted by Crippen LogP contribution is 2.32. The first-order chi connectivity index (χ1) is 21.4. The van der Waals surface area contributed by atoms with E-state index in [1.165, 1.54) is 0 Å². The molecule has 2 aromatic carbocycles. The van der Waals surface area contributed by atoms with Crippen molar-refractivity contribution >= 4 is 34.4 Å². The molecule has 10 nitrogen and oxygen atoms in total. The maximum absolute atomic E-state index is 14.6. The van der Waals surface area contributed by atoms with Crippen LogP contribution in [0.1, 0.15) is 48.8 Å². The van der Waals surface area contributed by atoms with Crippen molar-refractivity contribution in [3.05, 3.63) is 76.3 Å². The number of halogens is 1. The van der Waals surface area contributed by atoms with Gasteiger partial charge in [-0.1, -0.05) is 65.1 Å². The molecule has 1 N–H and O–H groups in total. The first-order valence-corrected chi connectivity index (χ1v) is 17.0. The van der Waals surface area contributed by atoms with Crippen LogP contribution in [0.3, 0.4) is 0 Å². The normalized spacial score (nSPS) is 17.2. The number of ether oxygens (including phenoxy) is 2. The molecule has 3 heterocycles. The zero-order chi connectivity index (χ0) is 31.1. The van der Waals surface area contributed by atoms with E-state index in [1.807, 2.05) is 78.2 Å². The van der Waals surface area contributed by atoms with Gasteiger partial charge in [0.25, 0.3) is 5.91 Å². The van der Waals surface area contributed by atoms with Gasteiger partial charge >= 0.3 is 5.69 Å². The van der Waals surface area contributed by atoms with Gasteiger partial charge in [0.05, 0.1) is 35.4 Å². The summed E-state index contributed by atoms with van der Waals surface area (Å²) in [5.41, 5.74) is 2.42. The molecule has 236 valence electrons. The maximum Gasteiger partial charge on any atom is 0.329 e. The summed E-state index contributed by atoms with van der Waals surface area (Å²) in [4.78, 5) is 45.4. The highest BCUT2D eigenvalue weighted by Gasteiger charge is 2.34. The minimum Gasteiger partial charge on any atom is -0.491 e. The number of carbonyl (C=O) groups excluding carboxylic acids is 2. The van der Waals surface area contributed by atoms with E-state index in [2.05, 4.69) is 27.9 Å². The number of carbonyl (C=O) groups is 2. The Hall–Kier alpha value is -3.16. The molecule has 1 aromatic heterocycles. The largest absolute Gasteiger partial charge is 0.491 e. The highest BCUT2D eigenvalue weighted by atomic mass is 127. The van der Waals surface area contributed by atoms with Crippen LogP contribution < -0.4 is 15.7 Å². The quantitative estimate of drug-likeness (QED) is 0.184. The van der Waals surface area contributed by atoms with Crippen molar-refractivity contribution in [2.45, 2.75) is 45.4 Å². The Morgan fingerprint density at radius 1 is 1.00 bits per heavy atom. The summed E-state index contributed by atoms with van der Waals surface area (Å²) in [6.45, 7) is 8.72. The van der Waals surface area contributed by atoms with E-state index in [4.69, 9.17) is 9.47 Å². The van der Waals surface area contributed by atoms with Crippen LogP contribution in [0, 0.1) is 0 Å². The third-order valence-corrected chi connectivity index (χ3v) is 8.75. The lowest BCUT2D eigenvalue weighted by Gasteiger charge is -2.33. The van der Waals surface area contributed by atoms with Crippen molar-refractivity contribution in [1.82, 2.24) is 24.3 Å². The lowest BCUT2D eigenvalue weighted by Crippen LogP contribution is -2.47. The molecule has 2 aliphatic heterocycles. The Kier molecular flexibility index (Phi) is 11.2. The number of imidazole rings is 1. The van der Waals surface area contributed by atoms with Crippen molar-refractivity contribution in [2.24, 2.45) is 0 Å². The van der Waals surface area contributed by atoms with Crippen LogP contribution in [0.25, 0.3) is 11.3 Å². The van der Waals surface area contributed by atoms with Gasteiger partial charge in [-0.3, -0.25) is 18.7 Å². The molecule has 1 atom stereocenters. The number of benzene rings is 2. The summed E-state index contributed by atoms with van der Waals surface area (Å²) in [5.74, 6) is 0.591. The van der Waals surface area contributed by atoms with Crippen LogP contribution in [0.2, 0.25) is 0 Å². The standard InChI is InChI=1S/C33H42IN5O5/c1-24(2)43-18-19-44-28-12-6-8-25(20-28)22-38-31(32(41)36-16-13-35-14-17-36)30(26-9-4-3-5-10-26)39(33(38)42)27-11-7-15-37(23-27)29(40)21-34/h3-6,8-10,12,20,24,27,35H,7,11,13-19,21-23H2,1-2H3. The van der Waals surface area contributed by atoms with Gasteiger partial charge in [0, 0.05) is 44.8 Å². The number of rotatable bonds is 11. The van der Waals surface area contributed by atoms with E-state index < -0.39 is 0 Å². The van der Waals surface area contributed by atoms with Gasteiger partial charge in [-0.05, 0) is 44.4 Å². The van der Waals surface area contributed by atoms with Crippen LogP contribution in [-0.2, 0) is 16.1 Å². The van der Waals surface area contributed by atoms with Crippen molar-refractivity contribution in [3.8, 4) is 17.0 Å². The Balaban J connectivity index is 1.59. The number of hydrogen-bond donors (Lipinski definition) is 1. The predicted octanol–water partition coefficient (Wildman–Crippen LogP) is 3.81. The van der Waals surface area contributed by atoms with E-state index in [9.17, 15) is 14.4 Å². The fraction of sp³-hybridized carbons (Fsp3) is 0.485. The van der Waals surface area contributed by atoms with Gasteiger partial charge in [-0.2, -0.15) is 0 Å². The molecule has 0 aliphatic carbocycles. The fourth-order valence-corrected chi connectivity index (χ4v) is 6.47. The number of nitrogens with one attached hydrogen (secondary N) is 1. The van der Waals surface area contributed by atoms with Gasteiger partial charge in [0.15, 0.2) is 0 Å². The van der Waals surface area contributed by atoms with E-state index in [1.54, 1.807) is 9.13 Å². The Morgan fingerprint density at radius 3 is 2.50 bits per heavy atom. The topological polar surface area (TPSA) is 98.0 Å². The monoisotopic (exact) mass is 715 g/mol. The molecule has 2 fully saturated rings. The molecule has 0 bridgehead atoms. The number of alkyl halides is 1. The van der Waals surface area contributed by atoms with Crippen LogP contribution in [0.4, 0.5) is 0 Å². The number of likely N-dealkylation sites (tertiary alicyclic amines) is 1. The summed E-state index contributed by atoms with van der Waals surface area (Å²) in [6.07, 6.45) is 1.67. The van der Waals surface area contributed by atoms with Crippen LogP contribution in [0.15, 0.2) is 59.4 Å². The fourth-order valence-electron chi connectivity index (χ4n) is 5.99. The molecule has 2 saturated heterocycles. The number of hydrogen-bond acceptors (Lipinski definition) is 6. The first-order valence-electron chi connectivity index (χ1n) is 15.4. The summed E-state index contributed by atoms with van der Waals surface area (Å²) < 4.78 is 15.4. The van der Waals surface area contributed by atoms with E-state index in [0.29, 0.717) is 74.0 Å². The Bertz CT molecular complexity index is 1480. The lowest BCUT2D eigenvalue weighted by molar-refractivity contribution is -0.129. The molecule has 44 heavy (non-hydrogen) atoms. The molecule has 3 aromatic rings. The minimum absolute atomic E-state index is 0.0665. The second kappa shape index (κ2) is 15.2. The van der Waals surface area contributed by atoms with Crippen molar-refractivity contribution in [3.63, 3.8) is 0 Å². The Morgan fingerprint density at radius 2 is 1.77 bits per heavy atom. The Labute approximate surface area is 272 Å². The zero-order valence-corrected chi connectivity index (χ0v) is 27.7. The summed E-state index contributed by atoms with van der Waals surface area (Å²) in [7, 11) is 0. The highest BCUT2D eigenvalue weighted by molar-refractivity contribution is 14.1. The second-order valence-corrected chi connectivity index (χ2v) is 12.3. The van der Waals surface area contributed by atoms with Gasteiger partial charge in [0.1, 0.15) is 18.1 Å². The van der Waals surface area contributed by atoms with Crippen LogP contribution >= 0.6 is 22.6 Å². The number of aromatic nitrogens is 2. The number of amides is 2. The molecular weight excluding hydrogens is 673 g/mol. The lowest BCUT2D eigenvalue weighted by atomic mass is 10.0. The van der Waals surface area contributed by atoms with Crippen molar-refractivity contribution in [2.75, 3.05) is 56.9 Å².